The average molecular weight is 325 g/mol. The molecule has 0 radical (unpaired) electrons. The van der Waals surface area contributed by atoms with Crippen molar-refractivity contribution in [3.05, 3.63) is 0 Å². The predicted molar refractivity (Wildman–Crippen MR) is 100 cm³/mol. The van der Waals surface area contributed by atoms with E-state index in [-0.39, 0.29) is 0 Å². The van der Waals surface area contributed by atoms with E-state index in [2.05, 4.69) is 40.9 Å². The van der Waals surface area contributed by atoms with Crippen LogP contribution in [0, 0.1) is 5.92 Å². The summed E-state index contributed by atoms with van der Waals surface area (Å²) in [6, 6.07) is 0.898. The number of nitrogens with one attached hydrogen (secondary N) is 1. The zero-order valence-electron chi connectivity index (χ0n) is 15.9. The summed E-state index contributed by atoms with van der Waals surface area (Å²) in [5, 5.41) is 3.42. The molecule has 0 aromatic heterocycles. The monoisotopic (exact) mass is 324 g/mol. The van der Waals surface area contributed by atoms with Crippen molar-refractivity contribution in [2.75, 3.05) is 66.0 Å². The van der Waals surface area contributed by atoms with Crippen LogP contribution in [-0.4, -0.2) is 86.7 Å². The summed E-state index contributed by atoms with van der Waals surface area (Å²) < 4.78 is 0. The average Bonchev–Trinajstić information content (AvgIpc) is 3.02. The Bertz CT molecular complexity index is 296. The molecule has 3 aliphatic rings. The Labute approximate surface area is 144 Å². The molecule has 1 unspecified atom stereocenters. The van der Waals surface area contributed by atoms with E-state index in [1.807, 2.05) is 0 Å². The van der Waals surface area contributed by atoms with Gasteiger partial charge >= 0.3 is 0 Å². The number of piperidine rings is 1. The first-order valence-corrected chi connectivity index (χ1v) is 10.1. The highest BCUT2D eigenvalue weighted by Gasteiger charge is 2.21. The second-order valence-electron chi connectivity index (χ2n) is 7.61. The molecule has 23 heavy (non-hydrogen) atoms. The van der Waals surface area contributed by atoms with Gasteiger partial charge in [-0.3, -0.25) is 0 Å². The number of nitrogens with zero attached hydrogens (tertiary/aromatic N) is 3. The molecule has 3 saturated heterocycles. The Hall–Kier alpha value is -0.160. The molecule has 4 nitrogen and oxygen atoms in total. The topological polar surface area (TPSA) is 21.8 Å². The van der Waals surface area contributed by atoms with Crippen molar-refractivity contribution in [2.24, 2.45) is 5.92 Å². The third-order valence-electron chi connectivity index (χ3n) is 6.02. The van der Waals surface area contributed by atoms with Gasteiger partial charge in [0.15, 0.2) is 0 Å². The Morgan fingerprint density at radius 2 is 1.57 bits per heavy atom. The molecule has 136 valence electrons. The maximum Gasteiger partial charge on any atom is 0.0107 e. The summed E-state index contributed by atoms with van der Waals surface area (Å²) in [7, 11) is 2.22. The fourth-order valence-electron chi connectivity index (χ4n) is 4.24. The number of likely N-dealkylation sites (tertiary alicyclic amines) is 2. The lowest BCUT2D eigenvalue weighted by Crippen LogP contribution is -2.46. The molecule has 3 rings (SSSR count). The highest BCUT2D eigenvalue weighted by molar-refractivity contribution is 4.77. The van der Waals surface area contributed by atoms with Crippen molar-refractivity contribution in [2.45, 2.75) is 52.0 Å². The predicted octanol–water partition coefficient (Wildman–Crippen LogP) is 2.11. The third kappa shape index (κ3) is 6.69. The van der Waals surface area contributed by atoms with E-state index >= 15 is 0 Å². The summed E-state index contributed by atoms with van der Waals surface area (Å²) in [5.74, 6) is 0.964. The van der Waals surface area contributed by atoms with Crippen LogP contribution in [0.3, 0.4) is 0 Å². The lowest BCUT2D eigenvalue weighted by Gasteiger charge is -2.35. The van der Waals surface area contributed by atoms with Gasteiger partial charge in [-0.15, -0.1) is 0 Å². The van der Waals surface area contributed by atoms with Gasteiger partial charge in [0, 0.05) is 38.8 Å². The van der Waals surface area contributed by atoms with Crippen molar-refractivity contribution in [1.82, 2.24) is 20.0 Å². The molecule has 0 aromatic rings. The Morgan fingerprint density at radius 1 is 0.870 bits per heavy atom. The first-order valence-electron chi connectivity index (χ1n) is 10.1. The van der Waals surface area contributed by atoms with Gasteiger partial charge in [-0.2, -0.15) is 0 Å². The molecule has 0 spiro atoms. The van der Waals surface area contributed by atoms with Gasteiger partial charge in [0.1, 0.15) is 0 Å². The summed E-state index contributed by atoms with van der Waals surface area (Å²) in [5.41, 5.74) is 0. The zero-order valence-corrected chi connectivity index (χ0v) is 15.9. The summed E-state index contributed by atoms with van der Waals surface area (Å²) in [6.45, 7) is 16.0. The minimum atomic E-state index is 0.898. The number of hydrogen-bond acceptors (Lipinski definition) is 4. The zero-order chi connectivity index (χ0) is 16.5. The Balaban J connectivity index is 0.000000203. The van der Waals surface area contributed by atoms with Gasteiger partial charge < -0.3 is 20.0 Å². The molecule has 3 aliphatic heterocycles. The standard InChI is InChI=1S/C12H25N3.C7H15N/c1-2-14-7-3-12(4-8-14)11-15-9-5-13-6-10-15;1-3-7-5-4-6-8(7)2/h12-13H,2-11H2,1H3;7H,3-6H2,1-2H3. The number of rotatable bonds is 4. The van der Waals surface area contributed by atoms with Crippen LogP contribution in [-0.2, 0) is 0 Å². The second-order valence-corrected chi connectivity index (χ2v) is 7.61. The lowest BCUT2D eigenvalue weighted by molar-refractivity contribution is 0.139. The van der Waals surface area contributed by atoms with E-state index in [9.17, 15) is 0 Å². The van der Waals surface area contributed by atoms with Gasteiger partial charge in [0.2, 0.25) is 0 Å². The molecule has 0 amide bonds. The summed E-state index contributed by atoms with van der Waals surface area (Å²) in [6.07, 6.45) is 6.99. The van der Waals surface area contributed by atoms with Gasteiger partial charge in [0.05, 0.1) is 0 Å². The molecule has 3 fully saturated rings. The number of hydrogen-bond donors (Lipinski definition) is 1. The Morgan fingerprint density at radius 3 is 2.04 bits per heavy atom. The molecule has 3 heterocycles. The molecule has 0 aromatic carbocycles. The quantitative estimate of drug-likeness (QED) is 0.855. The van der Waals surface area contributed by atoms with Gasteiger partial charge in [-0.25, -0.2) is 0 Å². The second kappa shape index (κ2) is 10.7. The smallest absolute Gasteiger partial charge is 0.0107 e. The largest absolute Gasteiger partial charge is 0.314 e. The van der Waals surface area contributed by atoms with Crippen LogP contribution in [0.25, 0.3) is 0 Å². The fraction of sp³-hybridized carbons (Fsp3) is 1.00. The SMILES string of the molecule is CCC1CCCN1C.CCN1CCC(CN2CCNCC2)CC1. The highest BCUT2D eigenvalue weighted by Crippen LogP contribution is 2.18. The molecule has 0 bridgehead atoms. The van der Waals surface area contributed by atoms with Crippen molar-refractivity contribution < 1.29 is 0 Å². The first kappa shape index (κ1) is 19.2. The van der Waals surface area contributed by atoms with Crippen molar-refractivity contribution in [3.8, 4) is 0 Å². The van der Waals surface area contributed by atoms with Crippen molar-refractivity contribution >= 4 is 0 Å². The van der Waals surface area contributed by atoms with Crippen molar-refractivity contribution in [1.29, 1.82) is 0 Å². The maximum absolute atomic E-state index is 3.42. The van der Waals surface area contributed by atoms with Crippen LogP contribution in [0.2, 0.25) is 0 Å². The van der Waals surface area contributed by atoms with Gasteiger partial charge in [0.25, 0.3) is 0 Å². The van der Waals surface area contributed by atoms with Gasteiger partial charge in [-0.05, 0) is 71.2 Å². The summed E-state index contributed by atoms with van der Waals surface area (Å²) in [4.78, 5) is 7.68. The normalized spacial score (nSPS) is 28.6. The molecule has 1 N–H and O–H groups in total. The first-order chi connectivity index (χ1) is 11.2. The van der Waals surface area contributed by atoms with E-state index in [0.717, 1.165) is 12.0 Å². The van der Waals surface area contributed by atoms with E-state index in [1.54, 1.807) is 0 Å². The van der Waals surface area contributed by atoms with Crippen LogP contribution in [0.15, 0.2) is 0 Å². The molecular formula is C19H40N4. The van der Waals surface area contributed by atoms with Crippen LogP contribution < -0.4 is 5.32 Å². The molecular weight excluding hydrogens is 284 g/mol. The van der Waals surface area contributed by atoms with Crippen molar-refractivity contribution in [3.63, 3.8) is 0 Å². The van der Waals surface area contributed by atoms with E-state index < -0.39 is 0 Å². The van der Waals surface area contributed by atoms with Gasteiger partial charge in [-0.1, -0.05) is 13.8 Å². The molecule has 4 heteroatoms. The van der Waals surface area contributed by atoms with E-state index in [4.69, 9.17) is 0 Å². The van der Waals surface area contributed by atoms with Crippen LogP contribution in [0.5, 0.6) is 0 Å². The van der Waals surface area contributed by atoms with E-state index in [1.165, 1.54) is 91.0 Å². The highest BCUT2D eigenvalue weighted by atomic mass is 15.2. The van der Waals surface area contributed by atoms with E-state index in [0.29, 0.717) is 0 Å². The van der Waals surface area contributed by atoms with Crippen LogP contribution in [0.1, 0.15) is 46.0 Å². The summed E-state index contributed by atoms with van der Waals surface area (Å²) >= 11 is 0. The van der Waals surface area contributed by atoms with Crippen LogP contribution >= 0.6 is 0 Å². The minimum Gasteiger partial charge on any atom is -0.314 e. The number of piperazine rings is 1. The molecule has 0 saturated carbocycles. The molecule has 0 aliphatic carbocycles. The van der Waals surface area contributed by atoms with Crippen LogP contribution in [0.4, 0.5) is 0 Å². The minimum absolute atomic E-state index is 0.898. The fourth-order valence-corrected chi connectivity index (χ4v) is 4.24. The molecule has 1 atom stereocenters. The lowest BCUT2D eigenvalue weighted by atomic mass is 9.96. The Kier molecular flexibility index (Phi) is 8.88. The third-order valence-corrected chi connectivity index (χ3v) is 6.02. The maximum atomic E-state index is 3.42.